The van der Waals surface area contributed by atoms with Crippen molar-refractivity contribution in [3.8, 4) is 0 Å². The molecule has 0 spiro atoms. The van der Waals surface area contributed by atoms with Gasteiger partial charge in [-0.1, -0.05) is 0 Å². The lowest BCUT2D eigenvalue weighted by Crippen LogP contribution is -2.22. The zero-order chi connectivity index (χ0) is 10.5. The standard InChI is InChI=1S/C8H19O4P/c1-5-11-13(10,12-6-2)8(4)7(3)9/h7-9H,5-6H2,1-4H3/t7-,8+/m0/s1. The fourth-order valence-electron chi connectivity index (χ4n) is 0.897. The monoisotopic (exact) mass is 210 g/mol. The van der Waals surface area contributed by atoms with E-state index < -0.39 is 19.4 Å². The maximum absolute atomic E-state index is 12.0. The average molecular weight is 210 g/mol. The van der Waals surface area contributed by atoms with Crippen molar-refractivity contribution in [2.24, 2.45) is 0 Å². The normalized spacial score (nSPS) is 17.0. The molecule has 0 fully saturated rings. The lowest BCUT2D eigenvalue weighted by Gasteiger charge is -2.24. The van der Waals surface area contributed by atoms with Gasteiger partial charge in [-0.25, -0.2) is 0 Å². The summed E-state index contributed by atoms with van der Waals surface area (Å²) in [7, 11) is -3.12. The molecule has 0 heterocycles. The molecule has 2 atom stereocenters. The summed E-state index contributed by atoms with van der Waals surface area (Å²) in [5, 5.41) is 9.28. The van der Waals surface area contributed by atoms with Crippen molar-refractivity contribution in [2.75, 3.05) is 13.2 Å². The quantitative estimate of drug-likeness (QED) is 0.681. The van der Waals surface area contributed by atoms with E-state index in [4.69, 9.17) is 9.05 Å². The van der Waals surface area contributed by atoms with Crippen LogP contribution < -0.4 is 0 Å². The van der Waals surface area contributed by atoms with E-state index >= 15 is 0 Å². The Labute approximate surface area is 79.8 Å². The van der Waals surface area contributed by atoms with E-state index in [1.807, 2.05) is 0 Å². The minimum absolute atomic E-state index is 0.328. The molecule has 1 N–H and O–H groups in total. The van der Waals surface area contributed by atoms with Gasteiger partial charge < -0.3 is 14.2 Å². The van der Waals surface area contributed by atoms with Crippen LogP contribution in [0.15, 0.2) is 0 Å². The zero-order valence-corrected chi connectivity index (χ0v) is 9.58. The highest BCUT2D eigenvalue weighted by molar-refractivity contribution is 7.54. The van der Waals surface area contributed by atoms with Gasteiger partial charge in [0.2, 0.25) is 0 Å². The molecule has 0 amide bonds. The molecule has 0 radical (unpaired) electrons. The molecular formula is C8H19O4P. The number of hydrogen-bond donors (Lipinski definition) is 1. The summed E-state index contributed by atoms with van der Waals surface area (Å²) < 4.78 is 22.1. The summed E-state index contributed by atoms with van der Waals surface area (Å²) in [6, 6.07) is 0. The van der Waals surface area contributed by atoms with Crippen molar-refractivity contribution in [2.45, 2.75) is 39.5 Å². The maximum atomic E-state index is 12.0. The second-order valence-corrected chi connectivity index (χ2v) is 5.27. The highest BCUT2D eigenvalue weighted by atomic mass is 31.2. The summed E-state index contributed by atoms with van der Waals surface area (Å²) in [5.74, 6) is 0. The second-order valence-electron chi connectivity index (χ2n) is 2.86. The molecule has 0 aromatic rings. The first-order valence-corrected chi connectivity index (χ1v) is 6.16. The Balaban J connectivity index is 4.47. The SMILES string of the molecule is CCOP(=O)(OCC)[C@H](C)[C@H](C)O. The second kappa shape index (κ2) is 5.76. The van der Waals surface area contributed by atoms with Gasteiger partial charge in [0.15, 0.2) is 0 Å². The van der Waals surface area contributed by atoms with E-state index in [0.717, 1.165) is 0 Å². The van der Waals surface area contributed by atoms with E-state index in [2.05, 4.69) is 0 Å². The predicted molar refractivity (Wildman–Crippen MR) is 52.0 cm³/mol. The Morgan fingerprint density at radius 2 is 1.62 bits per heavy atom. The van der Waals surface area contributed by atoms with Gasteiger partial charge in [0, 0.05) is 0 Å². The van der Waals surface area contributed by atoms with Gasteiger partial charge in [0.05, 0.1) is 25.0 Å². The van der Waals surface area contributed by atoms with Crippen molar-refractivity contribution in [3.63, 3.8) is 0 Å². The Morgan fingerprint density at radius 3 is 1.85 bits per heavy atom. The molecule has 0 aliphatic heterocycles. The predicted octanol–water partition coefficient (Wildman–Crippen LogP) is 2.02. The minimum Gasteiger partial charge on any atom is -0.392 e. The van der Waals surface area contributed by atoms with Crippen LogP contribution in [0.5, 0.6) is 0 Å². The van der Waals surface area contributed by atoms with Crippen LogP contribution in [0.3, 0.4) is 0 Å². The van der Waals surface area contributed by atoms with Gasteiger partial charge in [-0.05, 0) is 27.7 Å². The summed E-state index contributed by atoms with van der Waals surface area (Å²) in [4.78, 5) is 0. The first-order valence-electron chi connectivity index (χ1n) is 4.54. The summed E-state index contributed by atoms with van der Waals surface area (Å²) in [6.45, 7) is 7.40. The van der Waals surface area contributed by atoms with E-state index in [1.54, 1.807) is 27.7 Å². The Hall–Kier alpha value is 0.110. The van der Waals surface area contributed by atoms with Crippen LogP contribution in [0.25, 0.3) is 0 Å². The number of rotatable bonds is 6. The van der Waals surface area contributed by atoms with Crippen LogP contribution in [-0.2, 0) is 13.6 Å². The average Bonchev–Trinajstić information content (AvgIpc) is 2.03. The van der Waals surface area contributed by atoms with Crippen LogP contribution in [0.2, 0.25) is 0 Å². The third kappa shape index (κ3) is 3.77. The Kier molecular flexibility index (Phi) is 5.81. The molecule has 0 rings (SSSR count). The molecule has 80 valence electrons. The van der Waals surface area contributed by atoms with Gasteiger partial charge in [-0.3, -0.25) is 4.57 Å². The van der Waals surface area contributed by atoms with Gasteiger partial charge in [0.1, 0.15) is 0 Å². The smallest absolute Gasteiger partial charge is 0.336 e. The highest BCUT2D eigenvalue weighted by Gasteiger charge is 2.34. The van der Waals surface area contributed by atoms with Gasteiger partial charge >= 0.3 is 7.60 Å². The third-order valence-electron chi connectivity index (χ3n) is 1.82. The first kappa shape index (κ1) is 13.1. The van der Waals surface area contributed by atoms with E-state index in [9.17, 15) is 9.67 Å². The van der Waals surface area contributed by atoms with E-state index in [0.29, 0.717) is 13.2 Å². The van der Waals surface area contributed by atoms with Crippen LogP contribution >= 0.6 is 7.60 Å². The maximum Gasteiger partial charge on any atom is 0.336 e. The number of hydrogen-bond acceptors (Lipinski definition) is 4. The number of aliphatic hydroxyl groups is 1. The highest BCUT2D eigenvalue weighted by Crippen LogP contribution is 2.53. The van der Waals surface area contributed by atoms with Crippen molar-refractivity contribution < 1.29 is 18.7 Å². The summed E-state index contributed by atoms with van der Waals surface area (Å²) in [5.41, 5.74) is -0.479. The third-order valence-corrected chi connectivity index (χ3v) is 4.48. The van der Waals surface area contributed by atoms with Crippen LogP contribution in [-0.4, -0.2) is 30.1 Å². The van der Waals surface area contributed by atoms with Gasteiger partial charge in [-0.15, -0.1) is 0 Å². The Morgan fingerprint density at radius 1 is 1.23 bits per heavy atom. The Bertz CT molecular complexity index is 171. The summed E-state index contributed by atoms with van der Waals surface area (Å²) in [6.07, 6.45) is -0.691. The van der Waals surface area contributed by atoms with Crippen molar-refractivity contribution in [1.82, 2.24) is 0 Å². The minimum atomic E-state index is -3.12. The van der Waals surface area contributed by atoms with E-state index in [1.165, 1.54) is 0 Å². The van der Waals surface area contributed by atoms with Gasteiger partial charge in [-0.2, -0.15) is 0 Å². The molecule has 5 heteroatoms. The molecule has 13 heavy (non-hydrogen) atoms. The van der Waals surface area contributed by atoms with Crippen LogP contribution in [0.4, 0.5) is 0 Å². The molecule has 0 saturated carbocycles. The molecular weight excluding hydrogens is 191 g/mol. The fraction of sp³-hybridized carbons (Fsp3) is 1.00. The molecule has 0 aromatic carbocycles. The molecule has 0 unspecified atom stereocenters. The first-order chi connectivity index (χ1) is 5.98. The molecule has 0 aliphatic rings. The fourth-order valence-corrected chi connectivity index (χ4v) is 2.69. The van der Waals surface area contributed by atoms with Crippen molar-refractivity contribution in [1.29, 1.82) is 0 Å². The van der Waals surface area contributed by atoms with Crippen LogP contribution in [0, 0.1) is 0 Å². The zero-order valence-electron chi connectivity index (χ0n) is 8.69. The van der Waals surface area contributed by atoms with E-state index in [-0.39, 0.29) is 0 Å². The lowest BCUT2D eigenvalue weighted by molar-refractivity contribution is 0.156. The topological polar surface area (TPSA) is 55.8 Å². The largest absolute Gasteiger partial charge is 0.392 e. The van der Waals surface area contributed by atoms with Crippen molar-refractivity contribution >= 4 is 7.60 Å². The molecule has 0 aromatic heterocycles. The summed E-state index contributed by atoms with van der Waals surface area (Å²) >= 11 is 0. The van der Waals surface area contributed by atoms with Crippen molar-refractivity contribution in [3.05, 3.63) is 0 Å². The molecule has 0 saturated heterocycles. The molecule has 0 aliphatic carbocycles. The van der Waals surface area contributed by atoms with Crippen LogP contribution in [0.1, 0.15) is 27.7 Å². The van der Waals surface area contributed by atoms with Gasteiger partial charge in [0.25, 0.3) is 0 Å². The molecule has 4 nitrogen and oxygen atoms in total. The molecule has 0 bridgehead atoms. The number of aliphatic hydroxyl groups excluding tert-OH is 1. The lowest BCUT2D eigenvalue weighted by atomic mass is 10.3.